The van der Waals surface area contributed by atoms with Crippen LogP contribution in [-0.2, 0) is 4.43 Å². The van der Waals surface area contributed by atoms with Crippen molar-refractivity contribution in [3.8, 4) is 5.75 Å². The lowest BCUT2D eigenvalue weighted by Gasteiger charge is -2.49. The van der Waals surface area contributed by atoms with E-state index in [1.54, 1.807) is 7.11 Å². The number of rotatable bonds is 4. The first-order valence-electron chi connectivity index (χ1n) is 11.5. The summed E-state index contributed by atoms with van der Waals surface area (Å²) < 4.78 is 12.5. The van der Waals surface area contributed by atoms with Gasteiger partial charge in [0.1, 0.15) is 5.75 Å². The first kappa shape index (κ1) is 24.2. The van der Waals surface area contributed by atoms with Gasteiger partial charge in [-0.25, -0.2) is 0 Å². The van der Waals surface area contributed by atoms with E-state index in [2.05, 4.69) is 54.6 Å². The van der Waals surface area contributed by atoms with Crippen molar-refractivity contribution in [2.45, 2.75) is 84.5 Å². The fourth-order valence-electron chi connectivity index (χ4n) is 5.14. The number of hydrogen-bond acceptors (Lipinski definition) is 4. The molecule has 0 aromatic heterocycles. The highest BCUT2D eigenvalue weighted by atomic mass is 28.4. The SMILES string of the molecule is COc1cccc2c1C(=O)[C@@H]1C[C@H](O[Si](C)(C)C(C)(C)C)C(C)=C(C[C@H]2CO)C1(C)C. The Morgan fingerprint density at radius 2 is 1.87 bits per heavy atom. The molecule has 1 aromatic rings. The van der Waals surface area contributed by atoms with E-state index in [-0.39, 0.29) is 40.8 Å². The Balaban J connectivity index is 2.18. The van der Waals surface area contributed by atoms with Crippen molar-refractivity contribution in [2.75, 3.05) is 13.7 Å². The molecule has 0 aliphatic heterocycles. The summed E-state index contributed by atoms with van der Waals surface area (Å²) >= 11 is 0. The molecule has 1 aromatic carbocycles. The molecule has 4 nitrogen and oxygen atoms in total. The fraction of sp³-hybridized carbons (Fsp3) is 0.654. The molecular weight excluding hydrogens is 404 g/mol. The largest absolute Gasteiger partial charge is 0.496 e. The summed E-state index contributed by atoms with van der Waals surface area (Å²) in [7, 11) is -0.402. The van der Waals surface area contributed by atoms with Gasteiger partial charge in [0.05, 0.1) is 25.4 Å². The van der Waals surface area contributed by atoms with E-state index < -0.39 is 8.32 Å². The number of carbonyl (C=O) groups excluding carboxylic acids is 1. The van der Waals surface area contributed by atoms with E-state index in [0.29, 0.717) is 17.7 Å². The van der Waals surface area contributed by atoms with Crippen molar-refractivity contribution in [3.63, 3.8) is 0 Å². The summed E-state index contributed by atoms with van der Waals surface area (Å²) in [5, 5.41) is 10.4. The molecule has 172 valence electrons. The van der Waals surface area contributed by atoms with Gasteiger partial charge < -0.3 is 14.3 Å². The second-order valence-corrected chi connectivity index (χ2v) is 16.2. The van der Waals surface area contributed by atoms with Gasteiger partial charge in [0, 0.05) is 11.8 Å². The molecule has 0 saturated heterocycles. The van der Waals surface area contributed by atoms with Gasteiger partial charge in [0.25, 0.3) is 0 Å². The highest BCUT2D eigenvalue weighted by Crippen LogP contribution is 2.54. The zero-order valence-corrected chi connectivity index (χ0v) is 21.8. The monoisotopic (exact) mass is 444 g/mol. The van der Waals surface area contributed by atoms with E-state index in [0.717, 1.165) is 12.0 Å². The average molecular weight is 445 g/mol. The molecule has 0 heterocycles. The molecule has 0 radical (unpaired) electrons. The molecule has 3 atom stereocenters. The van der Waals surface area contributed by atoms with E-state index >= 15 is 0 Å². The lowest BCUT2D eigenvalue weighted by atomic mass is 9.58. The van der Waals surface area contributed by atoms with Crippen LogP contribution in [0, 0.1) is 11.3 Å². The highest BCUT2D eigenvalue weighted by molar-refractivity contribution is 6.74. The van der Waals surface area contributed by atoms with E-state index in [1.165, 1.54) is 11.1 Å². The van der Waals surface area contributed by atoms with Crippen LogP contribution in [0.5, 0.6) is 5.75 Å². The number of carbonyl (C=O) groups is 1. The van der Waals surface area contributed by atoms with Gasteiger partial charge in [-0.05, 0) is 60.5 Å². The molecule has 2 aliphatic carbocycles. The van der Waals surface area contributed by atoms with Crippen molar-refractivity contribution >= 4 is 14.1 Å². The Kier molecular flexibility index (Phi) is 6.38. The van der Waals surface area contributed by atoms with Crippen molar-refractivity contribution in [1.29, 1.82) is 0 Å². The molecule has 0 unspecified atom stereocenters. The minimum absolute atomic E-state index is 0.00126. The van der Waals surface area contributed by atoms with E-state index in [9.17, 15) is 9.90 Å². The number of aliphatic hydroxyl groups excluding tert-OH is 1. The van der Waals surface area contributed by atoms with Gasteiger partial charge in [0.15, 0.2) is 14.1 Å². The first-order valence-corrected chi connectivity index (χ1v) is 14.4. The molecule has 0 amide bonds. The lowest BCUT2D eigenvalue weighted by molar-refractivity contribution is 0.0656. The van der Waals surface area contributed by atoms with Crippen LogP contribution in [0.25, 0.3) is 0 Å². The van der Waals surface area contributed by atoms with Gasteiger partial charge in [-0.3, -0.25) is 4.79 Å². The molecule has 3 rings (SSSR count). The molecule has 0 fully saturated rings. The zero-order chi connectivity index (χ0) is 23.4. The molecule has 2 bridgehead atoms. The maximum atomic E-state index is 14.0. The molecule has 5 heteroatoms. The quantitative estimate of drug-likeness (QED) is 0.449. The number of benzene rings is 1. The third-order valence-corrected chi connectivity index (χ3v) is 12.7. The minimum Gasteiger partial charge on any atom is -0.496 e. The summed E-state index contributed by atoms with van der Waals surface area (Å²) in [5.41, 5.74) is 3.78. The Morgan fingerprint density at radius 3 is 2.42 bits per heavy atom. The zero-order valence-electron chi connectivity index (χ0n) is 20.8. The third kappa shape index (κ3) is 4.05. The summed E-state index contributed by atoms with van der Waals surface area (Å²) in [5.74, 6) is 0.402. The van der Waals surface area contributed by atoms with Crippen LogP contribution in [0.3, 0.4) is 0 Å². The fourth-order valence-corrected chi connectivity index (χ4v) is 6.48. The Labute approximate surface area is 189 Å². The van der Waals surface area contributed by atoms with Gasteiger partial charge >= 0.3 is 0 Å². The topological polar surface area (TPSA) is 55.8 Å². The van der Waals surface area contributed by atoms with E-state index in [1.807, 2.05) is 18.2 Å². The van der Waals surface area contributed by atoms with Crippen molar-refractivity contribution in [3.05, 3.63) is 40.5 Å². The summed E-state index contributed by atoms with van der Waals surface area (Å²) in [6.45, 7) is 17.9. The molecule has 0 spiro atoms. The number of fused-ring (bicyclic) bond motifs is 3. The summed E-state index contributed by atoms with van der Waals surface area (Å²) in [4.78, 5) is 14.0. The number of Topliss-reactive ketones (excluding diaryl/α,β-unsaturated/α-hetero) is 1. The lowest BCUT2D eigenvalue weighted by Crippen LogP contribution is -2.49. The van der Waals surface area contributed by atoms with Crippen LogP contribution in [-0.4, -0.2) is 39.0 Å². The van der Waals surface area contributed by atoms with Gasteiger partial charge in [0.2, 0.25) is 0 Å². The Hall–Kier alpha value is -1.43. The highest BCUT2D eigenvalue weighted by Gasteiger charge is 2.50. The summed E-state index contributed by atoms with van der Waals surface area (Å²) in [6.07, 6.45) is 1.36. The van der Waals surface area contributed by atoms with Crippen LogP contribution in [0.2, 0.25) is 18.1 Å². The van der Waals surface area contributed by atoms with Gasteiger partial charge in [-0.1, -0.05) is 52.3 Å². The number of aliphatic hydroxyl groups is 1. The average Bonchev–Trinajstić information content (AvgIpc) is 2.67. The third-order valence-electron chi connectivity index (χ3n) is 8.25. The standard InChI is InChI=1S/C26H40O4Si/c1-16-19-13-17(15-27)18-11-10-12-21(29-7)23(18)24(28)20(26(19,5)6)14-22(16)30-31(8,9)25(2,3)4/h10-12,17,20,22,27H,13-15H2,1-9H3/t17-,20-,22-/m0/s1. The molecular formula is C26H40O4Si. The normalized spacial score (nSPS) is 26.3. The smallest absolute Gasteiger partial charge is 0.192 e. The summed E-state index contributed by atoms with van der Waals surface area (Å²) in [6, 6.07) is 5.75. The second kappa shape index (κ2) is 8.16. The number of allylic oxidation sites excluding steroid dienone is 1. The molecule has 31 heavy (non-hydrogen) atoms. The molecule has 1 N–H and O–H groups in total. The van der Waals surface area contributed by atoms with Crippen LogP contribution >= 0.6 is 0 Å². The number of methoxy groups -OCH3 is 1. The van der Waals surface area contributed by atoms with Crippen LogP contribution in [0.1, 0.15) is 76.2 Å². The maximum Gasteiger partial charge on any atom is 0.192 e. The first-order chi connectivity index (χ1) is 14.3. The number of ether oxygens (including phenoxy) is 1. The number of hydrogen-bond donors (Lipinski definition) is 1. The van der Waals surface area contributed by atoms with Gasteiger partial charge in [-0.15, -0.1) is 0 Å². The van der Waals surface area contributed by atoms with Crippen LogP contribution in [0.15, 0.2) is 29.3 Å². The second-order valence-electron chi connectivity index (χ2n) is 11.4. The minimum atomic E-state index is -2.01. The Morgan fingerprint density at radius 1 is 1.23 bits per heavy atom. The predicted molar refractivity (Wildman–Crippen MR) is 128 cm³/mol. The van der Waals surface area contributed by atoms with Gasteiger partial charge in [-0.2, -0.15) is 0 Å². The van der Waals surface area contributed by atoms with Crippen molar-refractivity contribution in [1.82, 2.24) is 0 Å². The maximum absolute atomic E-state index is 14.0. The van der Waals surface area contributed by atoms with Crippen LogP contribution in [0.4, 0.5) is 0 Å². The van der Waals surface area contributed by atoms with Crippen molar-refractivity contribution < 1.29 is 19.1 Å². The van der Waals surface area contributed by atoms with E-state index in [4.69, 9.17) is 9.16 Å². The van der Waals surface area contributed by atoms with Crippen molar-refractivity contribution in [2.24, 2.45) is 11.3 Å². The molecule has 0 saturated carbocycles. The van der Waals surface area contributed by atoms with Crippen LogP contribution < -0.4 is 4.74 Å². The Bertz CT molecular complexity index is 891. The number of ketones is 1. The predicted octanol–water partition coefficient (Wildman–Crippen LogP) is 6.11. The molecule has 2 aliphatic rings.